The van der Waals surface area contributed by atoms with Crippen molar-refractivity contribution >= 4 is 0 Å². The first-order valence-electron chi connectivity index (χ1n) is 6.45. The van der Waals surface area contributed by atoms with Gasteiger partial charge in [-0.15, -0.1) is 0 Å². The summed E-state index contributed by atoms with van der Waals surface area (Å²) in [6.07, 6.45) is 1.99. The highest BCUT2D eigenvalue weighted by atomic mass is 16.5. The molecule has 1 aromatic rings. The number of benzene rings is 1. The van der Waals surface area contributed by atoms with Crippen molar-refractivity contribution in [3.8, 4) is 5.75 Å². The van der Waals surface area contributed by atoms with Gasteiger partial charge >= 0.3 is 0 Å². The van der Waals surface area contributed by atoms with E-state index in [9.17, 15) is 0 Å². The van der Waals surface area contributed by atoms with Crippen molar-refractivity contribution in [2.24, 2.45) is 5.73 Å². The molecule has 0 spiro atoms. The Kier molecular flexibility index (Phi) is 5.01. The van der Waals surface area contributed by atoms with E-state index in [1.54, 1.807) is 0 Å². The molecule has 1 aromatic carbocycles. The van der Waals surface area contributed by atoms with Crippen molar-refractivity contribution in [1.82, 2.24) is 0 Å². The van der Waals surface area contributed by atoms with Crippen LogP contribution in [0.5, 0.6) is 5.75 Å². The molecular weight excluding hydrogens is 210 g/mol. The van der Waals surface area contributed by atoms with E-state index in [4.69, 9.17) is 10.5 Å². The SMILES string of the molecule is CCCOc1ccccc1C(C)(C)CC(C)N. The van der Waals surface area contributed by atoms with Crippen LogP contribution in [0.3, 0.4) is 0 Å². The second-order valence-electron chi connectivity index (χ2n) is 5.41. The van der Waals surface area contributed by atoms with E-state index in [0.29, 0.717) is 0 Å². The molecular formula is C15H25NO. The first kappa shape index (κ1) is 14.0. The minimum atomic E-state index is 0.0541. The molecule has 2 nitrogen and oxygen atoms in total. The van der Waals surface area contributed by atoms with E-state index in [0.717, 1.165) is 25.2 Å². The predicted octanol–water partition coefficient (Wildman–Crippen LogP) is 3.49. The Morgan fingerprint density at radius 2 is 1.94 bits per heavy atom. The van der Waals surface area contributed by atoms with Gasteiger partial charge in [0.1, 0.15) is 5.75 Å². The highest BCUT2D eigenvalue weighted by Crippen LogP contribution is 2.34. The maximum Gasteiger partial charge on any atom is 0.123 e. The lowest BCUT2D eigenvalue weighted by atomic mass is 9.79. The molecule has 0 radical (unpaired) electrons. The predicted molar refractivity (Wildman–Crippen MR) is 73.5 cm³/mol. The molecule has 1 atom stereocenters. The van der Waals surface area contributed by atoms with Crippen LogP contribution < -0.4 is 10.5 Å². The molecule has 2 heteroatoms. The molecule has 17 heavy (non-hydrogen) atoms. The maximum atomic E-state index is 5.93. The summed E-state index contributed by atoms with van der Waals surface area (Å²) < 4.78 is 5.81. The number of nitrogens with two attached hydrogens (primary N) is 1. The maximum absolute atomic E-state index is 5.93. The van der Waals surface area contributed by atoms with Crippen molar-refractivity contribution in [2.45, 2.75) is 52.0 Å². The van der Waals surface area contributed by atoms with E-state index in [1.807, 2.05) is 12.1 Å². The van der Waals surface area contributed by atoms with Crippen LogP contribution in [-0.2, 0) is 5.41 Å². The third-order valence-corrected chi connectivity index (χ3v) is 2.91. The standard InChI is InChI=1S/C15H25NO/c1-5-10-17-14-9-7-6-8-13(14)15(3,4)11-12(2)16/h6-9,12H,5,10-11,16H2,1-4H3. The Balaban J connectivity index is 2.94. The van der Waals surface area contributed by atoms with Gasteiger partial charge in [0.05, 0.1) is 6.61 Å². The molecule has 0 fully saturated rings. The van der Waals surface area contributed by atoms with Gasteiger partial charge in [0.15, 0.2) is 0 Å². The molecule has 0 aliphatic carbocycles. The lowest BCUT2D eigenvalue weighted by molar-refractivity contribution is 0.303. The summed E-state index contributed by atoms with van der Waals surface area (Å²) in [6, 6.07) is 8.48. The Bertz CT molecular complexity index is 345. The first-order valence-corrected chi connectivity index (χ1v) is 6.45. The van der Waals surface area contributed by atoms with Crippen molar-refractivity contribution in [1.29, 1.82) is 0 Å². The largest absolute Gasteiger partial charge is 0.493 e. The number of para-hydroxylation sites is 1. The van der Waals surface area contributed by atoms with Crippen LogP contribution in [0.25, 0.3) is 0 Å². The highest BCUT2D eigenvalue weighted by Gasteiger charge is 2.25. The van der Waals surface area contributed by atoms with E-state index in [1.165, 1.54) is 5.56 Å². The van der Waals surface area contributed by atoms with Crippen LogP contribution in [0.4, 0.5) is 0 Å². The van der Waals surface area contributed by atoms with Gasteiger partial charge in [-0.2, -0.15) is 0 Å². The molecule has 0 aliphatic rings. The molecule has 1 rings (SSSR count). The number of rotatable bonds is 6. The topological polar surface area (TPSA) is 35.2 Å². The van der Waals surface area contributed by atoms with E-state index >= 15 is 0 Å². The summed E-state index contributed by atoms with van der Waals surface area (Å²) in [7, 11) is 0. The number of hydrogen-bond acceptors (Lipinski definition) is 2. The average molecular weight is 235 g/mol. The molecule has 0 amide bonds. The molecule has 1 unspecified atom stereocenters. The third-order valence-electron chi connectivity index (χ3n) is 2.91. The van der Waals surface area contributed by atoms with E-state index < -0.39 is 0 Å². The quantitative estimate of drug-likeness (QED) is 0.819. The summed E-state index contributed by atoms with van der Waals surface area (Å²) in [5.74, 6) is 1.00. The third kappa shape index (κ3) is 4.04. The van der Waals surface area contributed by atoms with Crippen molar-refractivity contribution in [3.05, 3.63) is 29.8 Å². The lowest BCUT2D eigenvalue weighted by Crippen LogP contribution is -2.28. The Hall–Kier alpha value is -1.02. The van der Waals surface area contributed by atoms with Crippen LogP contribution in [0.15, 0.2) is 24.3 Å². The lowest BCUT2D eigenvalue weighted by Gasteiger charge is -2.29. The molecule has 0 bridgehead atoms. The van der Waals surface area contributed by atoms with Crippen molar-refractivity contribution in [3.63, 3.8) is 0 Å². The van der Waals surface area contributed by atoms with Crippen molar-refractivity contribution in [2.75, 3.05) is 6.61 Å². The van der Waals surface area contributed by atoms with Gasteiger partial charge in [0.25, 0.3) is 0 Å². The Morgan fingerprint density at radius 1 is 1.29 bits per heavy atom. The number of hydrogen-bond donors (Lipinski definition) is 1. The molecule has 96 valence electrons. The van der Waals surface area contributed by atoms with Gasteiger partial charge in [0.2, 0.25) is 0 Å². The minimum Gasteiger partial charge on any atom is -0.493 e. The highest BCUT2D eigenvalue weighted by molar-refractivity contribution is 5.38. The minimum absolute atomic E-state index is 0.0541. The second-order valence-corrected chi connectivity index (χ2v) is 5.41. The fraction of sp³-hybridized carbons (Fsp3) is 0.600. The van der Waals surface area contributed by atoms with Crippen LogP contribution in [0.2, 0.25) is 0 Å². The molecule has 0 saturated heterocycles. The van der Waals surface area contributed by atoms with Gasteiger partial charge < -0.3 is 10.5 Å². The van der Waals surface area contributed by atoms with Crippen LogP contribution in [0.1, 0.15) is 46.1 Å². The molecule has 0 saturated carbocycles. The Labute approximate surface area is 105 Å². The zero-order valence-corrected chi connectivity index (χ0v) is 11.5. The van der Waals surface area contributed by atoms with Gasteiger partial charge in [-0.3, -0.25) is 0 Å². The summed E-state index contributed by atoms with van der Waals surface area (Å²) in [5.41, 5.74) is 7.23. The molecule has 0 aliphatic heterocycles. The second kappa shape index (κ2) is 6.06. The Morgan fingerprint density at radius 3 is 2.53 bits per heavy atom. The van der Waals surface area contributed by atoms with Crippen LogP contribution in [-0.4, -0.2) is 12.6 Å². The van der Waals surface area contributed by atoms with Crippen LogP contribution in [0, 0.1) is 0 Å². The zero-order chi connectivity index (χ0) is 12.9. The monoisotopic (exact) mass is 235 g/mol. The van der Waals surface area contributed by atoms with Gasteiger partial charge in [-0.25, -0.2) is 0 Å². The normalized spacial score (nSPS) is 13.5. The van der Waals surface area contributed by atoms with E-state index in [2.05, 4.69) is 39.8 Å². The molecule has 2 N–H and O–H groups in total. The van der Waals surface area contributed by atoms with Gasteiger partial charge in [-0.1, -0.05) is 39.0 Å². The summed E-state index contributed by atoms with van der Waals surface area (Å²) in [5, 5.41) is 0. The van der Waals surface area contributed by atoms with Crippen LogP contribution >= 0.6 is 0 Å². The molecule has 0 heterocycles. The smallest absolute Gasteiger partial charge is 0.123 e. The summed E-state index contributed by atoms with van der Waals surface area (Å²) >= 11 is 0. The fourth-order valence-corrected chi connectivity index (χ4v) is 2.28. The van der Waals surface area contributed by atoms with E-state index in [-0.39, 0.29) is 11.5 Å². The summed E-state index contributed by atoms with van der Waals surface area (Å²) in [4.78, 5) is 0. The summed E-state index contributed by atoms with van der Waals surface area (Å²) in [6.45, 7) is 9.40. The van der Waals surface area contributed by atoms with Gasteiger partial charge in [-0.05, 0) is 36.8 Å². The number of ether oxygens (including phenoxy) is 1. The average Bonchev–Trinajstić information content (AvgIpc) is 2.25. The van der Waals surface area contributed by atoms with Crippen molar-refractivity contribution < 1.29 is 4.74 Å². The first-order chi connectivity index (χ1) is 7.97. The van der Waals surface area contributed by atoms with Gasteiger partial charge in [0, 0.05) is 6.04 Å². The fourth-order valence-electron chi connectivity index (χ4n) is 2.28. The zero-order valence-electron chi connectivity index (χ0n) is 11.5. The molecule has 0 aromatic heterocycles.